The number of aromatic nitrogens is 2. The van der Waals surface area contributed by atoms with Gasteiger partial charge in [-0.1, -0.05) is 23.7 Å². The Bertz CT molecular complexity index is 1470. The Kier molecular flexibility index (Phi) is 5.89. The second kappa shape index (κ2) is 8.47. The number of carboxylic acids is 1. The predicted octanol–water partition coefficient (Wildman–Crippen LogP) is 3.08. The van der Waals surface area contributed by atoms with E-state index in [-0.39, 0.29) is 17.0 Å². The zero-order valence-corrected chi connectivity index (χ0v) is 18.8. The van der Waals surface area contributed by atoms with E-state index in [2.05, 4.69) is 0 Å². The lowest BCUT2D eigenvalue weighted by atomic mass is 10.0. The van der Waals surface area contributed by atoms with Crippen molar-refractivity contribution in [2.24, 2.45) is 0 Å². The van der Waals surface area contributed by atoms with Crippen LogP contribution in [0.3, 0.4) is 0 Å². The van der Waals surface area contributed by atoms with Gasteiger partial charge in [-0.25, -0.2) is 9.59 Å². The summed E-state index contributed by atoms with van der Waals surface area (Å²) in [7, 11) is 1.56. The summed E-state index contributed by atoms with van der Waals surface area (Å²) in [4.78, 5) is 39.5. The van der Waals surface area contributed by atoms with Crippen LogP contribution >= 0.6 is 11.6 Å². The molecule has 0 spiro atoms. The quantitative estimate of drug-likeness (QED) is 0.553. The number of rotatable bonds is 4. The van der Waals surface area contributed by atoms with Crippen LogP contribution in [0.4, 0.5) is 18.9 Å². The summed E-state index contributed by atoms with van der Waals surface area (Å²) in [6, 6.07) is 5.98. The average Bonchev–Trinajstić information content (AvgIpc) is 3.05. The van der Waals surface area contributed by atoms with Crippen LogP contribution in [-0.4, -0.2) is 38.8 Å². The summed E-state index contributed by atoms with van der Waals surface area (Å²) in [6.07, 6.45) is -5.24. The average molecular weight is 512 g/mol. The van der Waals surface area contributed by atoms with Crippen molar-refractivity contribution in [2.45, 2.75) is 25.6 Å². The van der Waals surface area contributed by atoms with Gasteiger partial charge in [-0.2, -0.15) is 13.2 Å². The van der Waals surface area contributed by atoms with Gasteiger partial charge in [0.25, 0.3) is 12.0 Å². The molecule has 184 valence electrons. The highest BCUT2D eigenvalue weighted by Gasteiger charge is 2.35. The SMILES string of the molecule is CC(c1cccc(C(F)(F)F)c1Cl)n1c(=O)c(C(=O)O)cn(-c2ccc3c(c2)OC(O)N3C)c1=O. The number of benzene rings is 2. The van der Waals surface area contributed by atoms with E-state index in [1.165, 1.54) is 36.1 Å². The van der Waals surface area contributed by atoms with Crippen LogP contribution in [0.15, 0.2) is 52.2 Å². The van der Waals surface area contributed by atoms with Gasteiger partial charge in [0.2, 0.25) is 0 Å². The molecule has 13 heteroatoms. The molecular weight excluding hydrogens is 495 g/mol. The van der Waals surface area contributed by atoms with E-state index in [0.717, 1.165) is 22.9 Å². The van der Waals surface area contributed by atoms with E-state index in [1.54, 1.807) is 7.05 Å². The molecule has 0 amide bonds. The Balaban J connectivity index is 1.94. The van der Waals surface area contributed by atoms with Crippen molar-refractivity contribution in [3.63, 3.8) is 0 Å². The molecule has 2 N–H and O–H groups in total. The zero-order chi connectivity index (χ0) is 25.8. The number of aliphatic hydroxyl groups is 1. The molecule has 0 radical (unpaired) electrons. The van der Waals surface area contributed by atoms with Crippen LogP contribution in [0, 0.1) is 0 Å². The number of fused-ring (bicyclic) bond motifs is 1. The number of alkyl halides is 3. The van der Waals surface area contributed by atoms with Crippen LogP contribution in [0.1, 0.15) is 34.5 Å². The molecule has 0 fully saturated rings. The van der Waals surface area contributed by atoms with E-state index < -0.39 is 52.0 Å². The maximum Gasteiger partial charge on any atom is 0.417 e. The number of nitrogens with zero attached hydrogens (tertiary/aromatic N) is 3. The number of ether oxygens (including phenoxy) is 1. The summed E-state index contributed by atoms with van der Waals surface area (Å²) in [5, 5.41) is 18.7. The first-order chi connectivity index (χ1) is 16.3. The Labute approximate surface area is 199 Å². The van der Waals surface area contributed by atoms with Gasteiger partial charge in [0.05, 0.1) is 28.0 Å². The summed E-state index contributed by atoms with van der Waals surface area (Å²) in [5.41, 5.74) is -3.81. The van der Waals surface area contributed by atoms with Gasteiger partial charge >= 0.3 is 17.8 Å². The molecule has 2 aromatic carbocycles. The van der Waals surface area contributed by atoms with Gasteiger partial charge < -0.3 is 19.8 Å². The Morgan fingerprint density at radius 1 is 1.20 bits per heavy atom. The van der Waals surface area contributed by atoms with Crippen molar-refractivity contribution in [2.75, 3.05) is 11.9 Å². The lowest BCUT2D eigenvalue weighted by molar-refractivity contribution is -0.137. The second-order valence-corrected chi connectivity index (χ2v) is 8.14. The molecule has 9 nitrogen and oxygen atoms in total. The van der Waals surface area contributed by atoms with Crippen molar-refractivity contribution in [1.29, 1.82) is 0 Å². The summed E-state index contributed by atoms with van der Waals surface area (Å²) in [6.45, 7) is 1.26. The van der Waals surface area contributed by atoms with Crippen molar-refractivity contribution in [3.05, 3.63) is 85.1 Å². The number of hydrogen-bond donors (Lipinski definition) is 2. The van der Waals surface area contributed by atoms with Gasteiger partial charge in [-0.3, -0.25) is 13.9 Å². The molecule has 35 heavy (non-hydrogen) atoms. The molecule has 2 atom stereocenters. The summed E-state index contributed by atoms with van der Waals surface area (Å²) < 4.78 is 46.7. The summed E-state index contributed by atoms with van der Waals surface area (Å²) >= 11 is 5.99. The molecule has 2 heterocycles. The monoisotopic (exact) mass is 511 g/mol. The maximum absolute atomic E-state index is 13.4. The molecule has 4 rings (SSSR count). The van der Waals surface area contributed by atoms with Crippen LogP contribution in [0.2, 0.25) is 5.02 Å². The van der Waals surface area contributed by atoms with Gasteiger partial charge in [0.15, 0.2) is 5.75 Å². The molecule has 0 aliphatic carbocycles. The first-order valence-corrected chi connectivity index (χ1v) is 10.4. The first-order valence-electron chi connectivity index (χ1n) is 10.0. The van der Waals surface area contributed by atoms with Crippen LogP contribution in [0.25, 0.3) is 5.69 Å². The van der Waals surface area contributed by atoms with Crippen LogP contribution in [-0.2, 0) is 6.18 Å². The number of halogens is 4. The zero-order valence-electron chi connectivity index (χ0n) is 18.1. The number of anilines is 1. The van der Waals surface area contributed by atoms with Crippen molar-refractivity contribution in [3.8, 4) is 11.4 Å². The number of carbonyl (C=O) groups is 1. The maximum atomic E-state index is 13.4. The normalized spacial score (nSPS) is 16.1. The Morgan fingerprint density at radius 3 is 2.51 bits per heavy atom. The Hall–Kier alpha value is -3.77. The number of aromatic carboxylic acids is 1. The minimum absolute atomic E-state index is 0.0924. The number of carboxylic acid groups (broad SMARTS) is 1. The third-order valence-electron chi connectivity index (χ3n) is 5.69. The minimum atomic E-state index is -4.79. The molecular formula is C22H17ClF3N3O6. The van der Waals surface area contributed by atoms with E-state index in [4.69, 9.17) is 16.3 Å². The molecule has 3 aromatic rings. The lowest BCUT2D eigenvalue weighted by Crippen LogP contribution is -2.43. The fourth-order valence-corrected chi connectivity index (χ4v) is 4.22. The first kappa shape index (κ1) is 24.4. The fourth-order valence-electron chi connectivity index (χ4n) is 3.83. The van der Waals surface area contributed by atoms with E-state index in [1.807, 2.05) is 0 Å². The predicted molar refractivity (Wildman–Crippen MR) is 119 cm³/mol. The van der Waals surface area contributed by atoms with E-state index >= 15 is 0 Å². The van der Waals surface area contributed by atoms with Crippen LogP contribution < -0.4 is 20.9 Å². The molecule has 0 bridgehead atoms. The molecule has 1 aliphatic rings. The molecule has 2 unspecified atom stereocenters. The lowest BCUT2D eigenvalue weighted by Gasteiger charge is -2.20. The number of hydrogen-bond acceptors (Lipinski definition) is 6. The van der Waals surface area contributed by atoms with Crippen LogP contribution in [0.5, 0.6) is 5.75 Å². The highest BCUT2D eigenvalue weighted by atomic mass is 35.5. The van der Waals surface area contributed by atoms with E-state index in [0.29, 0.717) is 10.3 Å². The third kappa shape index (κ3) is 4.04. The largest absolute Gasteiger partial charge is 0.477 e. The number of aliphatic hydroxyl groups excluding tert-OH is 1. The Morgan fingerprint density at radius 2 is 1.89 bits per heavy atom. The molecule has 0 saturated carbocycles. The van der Waals surface area contributed by atoms with Gasteiger partial charge in [-0.05, 0) is 30.7 Å². The van der Waals surface area contributed by atoms with Crippen molar-refractivity contribution < 1.29 is 32.9 Å². The molecule has 0 saturated heterocycles. The fraction of sp³-hybridized carbons (Fsp3) is 0.227. The van der Waals surface area contributed by atoms with E-state index in [9.17, 15) is 37.8 Å². The molecule has 1 aromatic heterocycles. The second-order valence-electron chi connectivity index (χ2n) is 7.77. The third-order valence-corrected chi connectivity index (χ3v) is 6.11. The van der Waals surface area contributed by atoms with Crippen molar-refractivity contribution in [1.82, 2.24) is 9.13 Å². The van der Waals surface area contributed by atoms with Gasteiger partial charge in [0, 0.05) is 19.3 Å². The van der Waals surface area contributed by atoms with Gasteiger partial charge in [0.1, 0.15) is 5.56 Å². The van der Waals surface area contributed by atoms with Crippen molar-refractivity contribution >= 4 is 23.3 Å². The minimum Gasteiger partial charge on any atom is -0.477 e. The highest BCUT2D eigenvalue weighted by molar-refractivity contribution is 6.32. The highest BCUT2D eigenvalue weighted by Crippen LogP contribution is 2.39. The summed E-state index contributed by atoms with van der Waals surface area (Å²) in [5.74, 6) is -1.46. The van der Waals surface area contributed by atoms with Gasteiger partial charge in [-0.15, -0.1) is 0 Å². The molecule has 1 aliphatic heterocycles. The topological polar surface area (TPSA) is 114 Å². The smallest absolute Gasteiger partial charge is 0.417 e. The standard InChI is InChI=1S/C22H17ClF3N3O6/c1-10(12-4-3-5-14(17(12)23)22(24,25)26)29-18(30)13(19(31)32)9-28(20(29)33)11-6-7-15-16(8-11)35-21(34)27(15)2/h3-10,21,34H,1-2H3,(H,31,32).